The Morgan fingerprint density at radius 3 is 1.62 bits per heavy atom. The van der Waals surface area contributed by atoms with E-state index in [1.54, 1.807) is 11.8 Å². The van der Waals surface area contributed by atoms with Gasteiger partial charge in [-0.05, 0) is 115 Å². The molecule has 0 saturated heterocycles. The number of para-hydroxylation sites is 2. The predicted octanol–water partition coefficient (Wildman–Crippen LogP) is 15.1. The standard InChI is InChI=1S/C55H35NOS/c1-2-16-37(17-3-1)56(49-28-15-30-51-54(49)58-52-31-13-12-29-50(52)57-51)38-34-32-36(33-35-38)39-18-4-5-19-40(39)43-23-14-27-48-53(43)44-22-8-11-26-47(44)55(48)45-24-9-6-20-41(45)42-21-7-10-25-46(42)55/h1-35H. The van der Waals surface area contributed by atoms with Crippen LogP contribution in [0.1, 0.15) is 22.3 Å². The van der Waals surface area contributed by atoms with Gasteiger partial charge >= 0.3 is 0 Å². The van der Waals surface area contributed by atoms with Gasteiger partial charge in [0, 0.05) is 11.4 Å². The SMILES string of the molecule is c1ccc(N(c2ccc(-c3ccccc3-c3cccc4c3-c3ccccc3C43c4ccccc4-c4ccccc43)cc2)c2cccc3c2Sc2ccccc2O3)cc1. The van der Waals surface area contributed by atoms with Crippen LogP contribution in [0.2, 0.25) is 0 Å². The van der Waals surface area contributed by atoms with Crippen molar-refractivity contribution in [2.75, 3.05) is 4.90 Å². The van der Waals surface area contributed by atoms with Gasteiger partial charge in [0.25, 0.3) is 0 Å². The quantitative estimate of drug-likeness (QED) is 0.173. The molecule has 12 rings (SSSR count). The molecule has 0 atom stereocenters. The lowest BCUT2D eigenvalue weighted by Gasteiger charge is -2.30. The van der Waals surface area contributed by atoms with Crippen molar-refractivity contribution in [1.82, 2.24) is 0 Å². The first-order valence-corrected chi connectivity index (χ1v) is 20.7. The summed E-state index contributed by atoms with van der Waals surface area (Å²) in [4.78, 5) is 4.56. The third kappa shape index (κ3) is 4.74. The van der Waals surface area contributed by atoms with Crippen LogP contribution in [0, 0.1) is 0 Å². The van der Waals surface area contributed by atoms with Crippen LogP contribution in [0.5, 0.6) is 11.5 Å². The Bertz CT molecular complexity index is 3030. The van der Waals surface area contributed by atoms with Crippen molar-refractivity contribution in [3.05, 3.63) is 235 Å². The highest BCUT2D eigenvalue weighted by molar-refractivity contribution is 7.99. The van der Waals surface area contributed by atoms with Crippen molar-refractivity contribution in [3.63, 3.8) is 0 Å². The van der Waals surface area contributed by atoms with Crippen LogP contribution in [-0.2, 0) is 5.41 Å². The van der Waals surface area contributed by atoms with Gasteiger partial charge in [0.1, 0.15) is 11.5 Å². The van der Waals surface area contributed by atoms with Crippen LogP contribution in [0.3, 0.4) is 0 Å². The Hall–Kier alpha value is -7.07. The summed E-state index contributed by atoms with van der Waals surface area (Å²) < 4.78 is 6.44. The molecule has 0 saturated carbocycles. The maximum atomic E-state index is 6.44. The van der Waals surface area contributed by atoms with Gasteiger partial charge < -0.3 is 9.64 Å². The molecule has 0 fully saturated rings. The Morgan fingerprint density at radius 1 is 0.362 bits per heavy atom. The fraction of sp³-hybridized carbons (Fsp3) is 0.0182. The molecule has 1 heterocycles. The second kappa shape index (κ2) is 13.0. The maximum absolute atomic E-state index is 6.44. The van der Waals surface area contributed by atoms with Crippen molar-refractivity contribution in [2.24, 2.45) is 0 Å². The largest absolute Gasteiger partial charge is 0.455 e. The summed E-state index contributed by atoms with van der Waals surface area (Å²) >= 11 is 1.76. The number of hydrogen-bond donors (Lipinski definition) is 0. The van der Waals surface area contributed by atoms with Crippen molar-refractivity contribution >= 4 is 28.8 Å². The second-order valence-corrected chi connectivity index (χ2v) is 16.2. The summed E-state index contributed by atoms with van der Waals surface area (Å²) in [6.07, 6.45) is 0. The lowest BCUT2D eigenvalue weighted by molar-refractivity contribution is 0.455. The van der Waals surface area contributed by atoms with Gasteiger partial charge in [-0.1, -0.05) is 176 Å². The molecule has 0 unspecified atom stereocenters. The Morgan fingerprint density at radius 2 is 0.879 bits per heavy atom. The molecule has 0 bridgehead atoms. The smallest absolute Gasteiger partial charge is 0.143 e. The lowest BCUT2D eigenvalue weighted by atomic mass is 9.70. The molecule has 9 aromatic carbocycles. The lowest BCUT2D eigenvalue weighted by Crippen LogP contribution is -2.25. The van der Waals surface area contributed by atoms with Gasteiger partial charge in [-0.2, -0.15) is 0 Å². The third-order valence-corrected chi connectivity index (χ3v) is 13.3. The first kappa shape index (κ1) is 33.1. The molecule has 3 aliphatic rings. The molecule has 1 aliphatic heterocycles. The minimum atomic E-state index is -0.380. The summed E-state index contributed by atoms with van der Waals surface area (Å²) in [6, 6.07) is 77.3. The van der Waals surface area contributed by atoms with Crippen molar-refractivity contribution in [2.45, 2.75) is 15.2 Å². The third-order valence-electron chi connectivity index (χ3n) is 12.2. The molecule has 3 heteroatoms. The van der Waals surface area contributed by atoms with E-state index in [0.29, 0.717) is 0 Å². The molecule has 2 nitrogen and oxygen atoms in total. The van der Waals surface area contributed by atoms with Gasteiger partial charge in [0.15, 0.2) is 0 Å². The summed E-state index contributed by atoms with van der Waals surface area (Å²) in [5.41, 5.74) is 18.4. The molecular formula is C55H35NOS. The maximum Gasteiger partial charge on any atom is 0.143 e. The molecular weight excluding hydrogens is 723 g/mol. The molecule has 0 radical (unpaired) electrons. The molecule has 0 amide bonds. The van der Waals surface area contributed by atoms with Gasteiger partial charge in [0.05, 0.1) is 20.9 Å². The van der Waals surface area contributed by atoms with Crippen LogP contribution in [0.15, 0.2) is 222 Å². The van der Waals surface area contributed by atoms with Crippen LogP contribution in [0.25, 0.3) is 44.5 Å². The first-order chi connectivity index (χ1) is 28.8. The number of rotatable bonds is 5. The molecule has 1 spiro atoms. The van der Waals surface area contributed by atoms with E-state index >= 15 is 0 Å². The summed E-state index contributed by atoms with van der Waals surface area (Å²) in [5.74, 6) is 1.77. The molecule has 0 N–H and O–H groups in total. The van der Waals surface area contributed by atoms with Gasteiger partial charge in [-0.15, -0.1) is 0 Å². The fourth-order valence-electron chi connectivity index (χ4n) is 9.84. The summed E-state index contributed by atoms with van der Waals surface area (Å²) in [6.45, 7) is 0. The van der Waals surface area contributed by atoms with E-state index in [0.717, 1.165) is 38.4 Å². The normalized spacial score (nSPS) is 13.4. The van der Waals surface area contributed by atoms with E-state index in [4.69, 9.17) is 4.74 Å². The molecule has 2 aliphatic carbocycles. The van der Waals surface area contributed by atoms with Gasteiger partial charge in [0.2, 0.25) is 0 Å². The van der Waals surface area contributed by atoms with Crippen LogP contribution >= 0.6 is 11.8 Å². The first-order valence-electron chi connectivity index (χ1n) is 19.8. The minimum absolute atomic E-state index is 0.380. The zero-order chi connectivity index (χ0) is 38.2. The summed E-state index contributed by atoms with van der Waals surface area (Å²) in [5, 5.41) is 0. The van der Waals surface area contributed by atoms with E-state index < -0.39 is 0 Å². The highest BCUT2D eigenvalue weighted by atomic mass is 32.2. The van der Waals surface area contributed by atoms with Crippen molar-refractivity contribution in [1.29, 1.82) is 0 Å². The molecule has 272 valence electrons. The minimum Gasteiger partial charge on any atom is -0.455 e. The number of anilines is 3. The van der Waals surface area contributed by atoms with Crippen LogP contribution in [0.4, 0.5) is 17.1 Å². The van der Waals surface area contributed by atoms with Crippen molar-refractivity contribution in [3.8, 4) is 56.0 Å². The van der Waals surface area contributed by atoms with E-state index in [9.17, 15) is 0 Å². The van der Waals surface area contributed by atoms with E-state index in [1.807, 2.05) is 12.1 Å². The highest BCUT2D eigenvalue weighted by Gasteiger charge is 2.52. The molecule has 58 heavy (non-hydrogen) atoms. The second-order valence-electron chi connectivity index (χ2n) is 15.1. The van der Waals surface area contributed by atoms with Crippen molar-refractivity contribution < 1.29 is 4.74 Å². The monoisotopic (exact) mass is 757 g/mol. The zero-order valence-electron chi connectivity index (χ0n) is 31.5. The number of hydrogen-bond acceptors (Lipinski definition) is 3. The van der Waals surface area contributed by atoms with E-state index in [2.05, 4.69) is 205 Å². The number of ether oxygens (including phenoxy) is 1. The van der Waals surface area contributed by atoms with Gasteiger partial charge in [-0.3, -0.25) is 0 Å². The summed E-state index contributed by atoms with van der Waals surface area (Å²) in [7, 11) is 0. The Balaban J connectivity index is 0.997. The molecule has 0 aromatic heterocycles. The fourth-order valence-corrected chi connectivity index (χ4v) is 10.9. The Labute approximate surface area is 342 Å². The molecule has 9 aromatic rings. The average Bonchev–Trinajstić information content (AvgIpc) is 3.77. The average molecular weight is 758 g/mol. The number of fused-ring (bicyclic) bond motifs is 12. The van der Waals surface area contributed by atoms with Crippen LogP contribution in [-0.4, -0.2) is 0 Å². The van der Waals surface area contributed by atoms with Crippen LogP contribution < -0.4 is 9.64 Å². The van der Waals surface area contributed by atoms with Gasteiger partial charge in [-0.25, -0.2) is 0 Å². The van der Waals surface area contributed by atoms with E-state index in [-0.39, 0.29) is 5.41 Å². The highest BCUT2D eigenvalue weighted by Crippen LogP contribution is 2.64. The number of benzene rings is 9. The topological polar surface area (TPSA) is 12.5 Å². The number of nitrogens with zero attached hydrogens (tertiary/aromatic N) is 1. The Kier molecular flexibility index (Phi) is 7.41. The predicted molar refractivity (Wildman–Crippen MR) is 239 cm³/mol. The zero-order valence-corrected chi connectivity index (χ0v) is 32.3. The van der Waals surface area contributed by atoms with E-state index in [1.165, 1.54) is 66.8 Å².